The van der Waals surface area contributed by atoms with Crippen molar-refractivity contribution in [1.29, 1.82) is 0 Å². The average Bonchev–Trinajstić information content (AvgIpc) is 2.56. The van der Waals surface area contributed by atoms with Crippen LogP contribution in [-0.4, -0.2) is 36.2 Å². The van der Waals surface area contributed by atoms with Gasteiger partial charge in [0.1, 0.15) is 5.75 Å². The molecule has 0 bridgehead atoms. The maximum atomic E-state index is 12.0. The number of fused-ring (bicyclic) bond motifs is 1. The van der Waals surface area contributed by atoms with E-state index in [9.17, 15) is 9.59 Å². The largest absolute Gasteiger partial charge is 0.495 e. The molecule has 2 heterocycles. The lowest BCUT2D eigenvalue weighted by molar-refractivity contribution is 0.415. The molecule has 0 saturated heterocycles. The van der Waals surface area contributed by atoms with E-state index >= 15 is 0 Å². The van der Waals surface area contributed by atoms with Gasteiger partial charge in [0.25, 0.3) is 5.56 Å². The summed E-state index contributed by atoms with van der Waals surface area (Å²) in [7, 11) is 5.49. The molecular weight excluding hydrogens is 308 g/mol. The molecule has 2 N–H and O–H groups in total. The lowest BCUT2D eigenvalue weighted by atomic mass is 9.98. The van der Waals surface area contributed by atoms with Crippen molar-refractivity contribution < 1.29 is 4.74 Å². The summed E-state index contributed by atoms with van der Waals surface area (Å²) in [5.74, 6) is 0.705. The van der Waals surface area contributed by atoms with Gasteiger partial charge in [0.15, 0.2) is 0 Å². The van der Waals surface area contributed by atoms with E-state index in [-0.39, 0.29) is 0 Å². The van der Waals surface area contributed by atoms with Gasteiger partial charge in [-0.2, -0.15) is 0 Å². The van der Waals surface area contributed by atoms with Crippen LogP contribution < -0.4 is 20.9 Å². The summed E-state index contributed by atoms with van der Waals surface area (Å²) < 4.78 is 5.53. The minimum Gasteiger partial charge on any atom is -0.495 e. The molecule has 0 saturated carbocycles. The Balaban J connectivity index is 2.23. The van der Waals surface area contributed by atoms with Crippen LogP contribution >= 0.6 is 0 Å². The summed E-state index contributed by atoms with van der Waals surface area (Å²) in [6, 6.07) is 3.83. The number of aromatic nitrogens is 3. The van der Waals surface area contributed by atoms with Gasteiger partial charge in [0.2, 0.25) is 0 Å². The first-order valence-corrected chi connectivity index (χ1v) is 7.43. The van der Waals surface area contributed by atoms with Gasteiger partial charge in [-0.05, 0) is 23.1 Å². The Morgan fingerprint density at radius 3 is 2.67 bits per heavy atom. The Bertz CT molecular complexity index is 1000. The number of hydrogen-bond acceptors (Lipinski definition) is 5. The van der Waals surface area contributed by atoms with E-state index in [0.717, 1.165) is 22.0 Å². The number of anilines is 1. The Morgan fingerprint density at radius 2 is 2.00 bits per heavy atom. The van der Waals surface area contributed by atoms with Crippen LogP contribution in [0.2, 0.25) is 0 Å². The van der Waals surface area contributed by atoms with Gasteiger partial charge in [0.05, 0.1) is 12.8 Å². The minimum absolute atomic E-state index is 0.372. The standard InChI is InChI=1S/C17H18N4O3/c1-21(2)15-13-9-18-5-4-12(13)10(7-14(15)24-3)6-11-8-19-17(23)20-16(11)22/h4-5,7-9H,6H2,1-3H3,(H2,19,20,22,23). The third-order valence-corrected chi connectivity index (χ3v) is 3.91. The number of nitrogens with one attached hydrogen (secondary N) is 2. The Kier molecular flexibility index (Phi) is 4.07. The average molecular weight is 326 g/mol. The molecule has 24 heavy (non-hydrogen) atoms. The molecule has 0 aliphatic heterocycles. The number of methoxy groups -OCH3 is 1. The number of hydrogen-bond donors (Lipinski definition) is 2. The van der Waals surface area contributed by atoms with E-state index in [4.69, 9.17) is 4.74 Å². The van der Waals surface area contributed by atoms with Gasteiger partial charge in [-0.15, -0.1) is 0 Å². The number of benzene rings is 1. The van der Waals surface area contributed by atoms with Crippen molar-refractivity contribution in [3.05, 3.63) is 62.7 Å². The molecular formula is C17H18N4O3. The van der Waals surface area contributed by atoms with E-state index < -0.39 is 11.2 Å². The van der Waals surface area contributed by atoms with Crippen LogP contribution in [0, 0.1) is 0 Å². The van der Waals surface area contributed by atoms with Crippen molar-refractivity contribution in [3.8, 4) is 5.75 Å². The molecule has 0 aliphatic carbocycles. The minimum atomic E-state index is -0.515. The number of aromatic amines is 2. The molecule has 0 atom stereocenters. The number of pyridine rings is 1. The van der Waals surface area contributed by atoms with Crippen molar-refractivity contribution in [1.82, 2.24) is 15.0 Å². The van der Waals surface area contributed by atoms with Crippen LogP contribution in [0.5, 0.6) is 5.75 Å². The van der Waals surface area contributed by atoms with E-state index in [2.05, 4.69) is 15.0 Å². The highest BCUT2D eigenvalue weighted by atomic mass is 16.5. The van der Waals surface area contributed by atoms with Crippen LogP contribution in [0.1, 0.15) is 11.1 Å². The second-order valence-corrected chi connectivity index (χ2v) is 5.68. The topological polar surface area (TPSA) is 91.1 Å². The number of ether oxygens (including phenoxy) is 1. The third-order valence-electron chi connectivity index (χ3n) is 3.91. The molecule has 0 amide bonds. The van der Waals surface area contributed by atoms with Crippen LogP contribution in [-0.2, 0) is 6.42 Å². The molecule has 3 rings (SSSR count). The van der Waals surface area contributed by atoms with Crippen molar-refractivity contribution in [2.75, 3.05) is 26.1 Å². The van der Waals surface area contributed by atoms with Crippen LogP contribution in [0.25, 0.3) is 10.8 Å². The zero-order valence-electron chi connectivity index (χ0n) is 13.7. The Labute approximate surface area is 137 Å². The molecule has 7 nitrogen and oxygen atoms in total. The summed E-state index contributed by atoms with van der Waals surface area (Å²) >= 11 is 0. The molecule has 3 aromatic rings. The third kappa shape index (κ3) is 2.76. The summed E-state index contributed by atoms with van der Waals surface area (Å²) in [6.45, 7) is 0. The lowest BCUT2D eigenvalue weighted by Crippen LogP contribution is -2.24. The molecule has 124 valence electrons. The first-order valence-electron chi connectivity index (χ1n) is 7.43. The number of nitrogens with zero attached hydrogens (tertiary/aromatic N) is 2. The van der Waals surface area contributed by atoms with Gasteiger partial charge in [-0.1, -0.05) is 0 Å². The van der Waals surface area contributed by atoms with Crippen molar-refractivity contribution in [2.24, 2.45) is 0 Å². The fourth-order valence-corrected chi connectivity index (χ4v) is 2.84. The fraction of sp³-hybridized carbons (Fsp3) is 0.235. The molecule has 1 aromatic carbocycles. The van der Waals surface area contributed by atoms with Gasteiger partial charge >= 0.3 is 5.69 Å². The maximum absolute atomic E-state index is 12.0. The normalized spacial score (nSPS) is 10.8. The van der Waals surface area contributed by atoms with E-state index in [0.29, 0.717) is 17.7 Å². The number of H-pyrrole nitrogens is 2. The van der Waals surface area contributed by atoms with Crippen LogP contribution in [0.4, 0.5) is 5.69 Å². The summed E-state index contributed by atoms with van der Waals surface area (Å²) in [6.07, 6.45) is 5.32. The second-order valence-electron chi connectivity index (χ2n) is 5.68. The molecule has 0 unspecified atom stereocenters. The van der Waals surface area contributed by atoms with Crippen molar-refractivity contribution >= 4 is 16.5 Å². The summed E-state index contributed by atoms with van der Waals surface area (Å²) in [5.41, 5.74) is 1.43. The van der Waals surface area contributed by atoms with Crippen LogP contribution in [0.15, 0.2) is 40.3 Å². The van der Waals surface area contributed by atoms with Gasteiger partial charge < -0.3 is 14.6 Å². The summed E-state index contributed by atoms with van der Waals surface area (Å²) in [5, 5.41) is 1.93. The van der Waals surface area contributed by atoms with Crippen molar-refractivity contribution in [2.45, 2.75) is 6.42 Å². The highest BCUT2D eigenvalue weighted by Gasteiger charge is 2.15. The fourth-order valence-electron chi connectivity index (χ4n) is 2.84. The highest BCUT2D eigenvalue weighted by molar-refractivity contribution is 5.99. The van der Waals surface area contributed by atoms with Gasteiger partial charge in [-0.25, -0.2) is 4.79 Å². The molecule has 2 aromatic heterocycles. The zero-order valence-corrected chi connectivity index (χ0v) is 13.7. The van der Waals surface area contributed by atoms with E-state index in [1.165, 1.54) is 6.20 Å². The Hall–Kier alpha value is -3.09. The quantitative estimate of drug-likeness (QED) is 0.753. The smallest absolute Gasteiger partial charge is 0.325 e. The molecule has 7 heteroatoms. The predicted octanol–water partition coefficient (Wildman–Crippen LogP) is 1.28. The molecule has 0 radical (unpaired) electrons. The van der Waals surface area contributed by atoms with Crippen molar-refractivity contribution in [3.63, 3.8) is 0 Å². The predicted molar refractivity (Wildman–Crippen MR) is 93.1 cm³/mol. The first-order chi connectivity index (χ1) is 11.5. The van der Waals surface area contributed by atoms with Gasteiger partial charge in [0, 0.05) is 50.1 Å². The second kappa shape index (κ2) is 6.19. The van der Waals surface area contributed by atoms with E-state index in [1.54, 1.807) is 19.5 Å². The molecule has 0 aliphatic rings. The van der Waals surface area contributed by atoms with Gasteiger partial charge in [-0.3, -0.25) is 14.8 Å². The highest BCUT2D eigenvalue weighted by Crippen LogP contribution is 2.37. The molecule has 0 spiro atoms. The maximum Gasteiger partial charge on any atom is 0.325 e. The monoisotopic (exact) mass is 326 g/mol. The molecule has 0 fully saturated rings. The summed E-state index contributed by atoms with van der Waals surface area (Å²) in [4.78, 5) is 34.1. The van der Waals surface area contributed by atoms with E-state index in [1.807, 2.05) is 31.1 Å². The van der Waals surface area contributed by atoms with Crippen LogP contribution in [0.3, 0.4) is 0 Å². The number of rotatable bonds is 4. The Morgan fingerprint density at radius 1 is 1.21 bits per heavy atom. The first kappa shape index (κ1) is 15.8. The zero-order chi connectivity index (χ0) is 17.3. The lowest BCUT2D eigenvalue weighted by Gasteiger charge is -2.21. The SMILES string of the molecule is COc1cc(Cc2c[nH]c(=O)[nH]c2=O)c2ccncc2c1N(C)C.